The van der Waals surface area contributed by atoms with Crippen LogP contribution in [0.3, 0.4) is 0 Å². The van der Waals surface area contributed by atoms with Crippen LogP contribution < -0.4 is 19.3 Å². The lowest BCUT2D eigenvalue weighted by Gasteiger charge is -2.35. The molecule has 0 bridgehead atoms. The Morgan fingerprint density at radius 1 is 0.889 bits per heavy atom. The van der Waals surface area contributed by atoms with Gasteiger partial charge >= 0.3 is 0 Å². The second-order valence-corrected chi connectivity index (χ2v) is 9.25. The van der Waals surface area contributed by atoms with Crippen LogP contribution in [0.15, 0.2) is 30.3 Å². The summed E-state index contributed by atoms with van der Waals surface area (Å²) in [4.78, 5) is 29.3. The van der Waals surface area contributed by atoms with Crippen LogP contribution in [0.5, 0.6) is 11.5 Å². The second-order valence-electron chi connectivity index (χ2n) is 9.25. The van der Waals surface area contributed by atoms with Gasteiger partial charge in [-0.25, -0.2) is 4.98 Å². The lowest BCUT2D eigenvalue weighted by Crippen LogP contribution is -2.49. The Balaban J connectivity index is 1.30. The predicted molar refractivity (Wildman–Crippen MR) is 138 cm³/mol. The van der Waals surface area contributed by atoms with E-state index in [9.17, 15) is 4.79 Å². The van der Waals surface area contributed by atoms with Gasteiger partial charge in [0.25, 0.3) is 5.91 Å². The Bertz CT molecular complexity index is 1240. The fraction of sp³-hybridized carbons (Fsp3) is 0.462. The van der Waals surface area contributed by atoms with Gasteiger partial charge in [-0.3, -0.25) is 9.48 Å². The number of piperazine rings is 1. The van der Waals surface area contributed by atoms with E-state index in [-0.39, 0.29) is 5.91 Å². The largest absolute Gasteiger partial charge is 0.497 e. The van der Waals surface area contributed by atoms with Gasteiger partial charge in [0.05, 0.1) is 19.9 Å². The minimum Gasteiger partial charge on any atom is -0.497 e. The molecule has 0 radical (unpaired) electrons. The number of aryl methyl sites for hydroxylation is 2. The van der Waals surface area contributed by atoms with E-state index < -0.39 is 0 Å². The smallest absolute Gasteiger partial charge is 0.272 e. The number of benzene rings is 1. The highest BCUT2D eigenvalue weighted by atomic mass is 16.5. The van der Waals surface area contributed by atoms with Crippen LogP contribution in [-0.4, -0.2) is 84.0 Å². The molecule has 5 rings (SSSR count). The standard InChI is InChI=1S/C26H33N7O3/c1-18-15-24(31-9-5-6-10-31)28-26(27-18)33-13-11-32(12-14-33)25(34)22-17-21(29-30(22)2)20-16-19(35-3)7-8-23(20)36-4/h7-8,15-17H,5-6,9-14H2,1-4H3. The molecule has 0 aliphatic carbocycles. The zero-order chi connectivity index (χ0) is 25.2. The van der Waals surface area contributed by atoms with Crippen molar-refractivity contribution < 1.29 is 14.3 Å². The van der Waals surface area contributed by atoms with E-state index in [4.69, 9.17) is 14.5 Å². The Labute approximate surface area is 211 Å². The van der Waals surface area contributed by atoms with Gasteiger partial charge in [0, 0.05) is 63.6 Å². The summed E-state index contributed by atoms with van der Waals surface area (Å²) in [6.45, 7) is 6.67. The molecular weight excluding hydrogens is 458 g/mol. The Morgan fingerprint density at radius 3 is 2.33 bits per heavy atom. The molecule has 1 amide bonds. The summed E-state index contributed by atoms with van der Waals surface area (Å²) in [6, 6.07) is 9.42. The van der Waals surface area contributed by atoms with Gasteiger partial charge in [-0.15, -0.1) is 0 Å². The zero-order valence-corrected chi connectivity index (χ0v) is 21.4. The molecule has 2 aromatic heterocycles. The monoisotopic (exact) mass is 491 g/mol. The van der Waals surface area contributed by atoms with Crippen LogP contribution in [0.2, 0.25) is 0 Å². The van der Waals surface area contributed by atoms with Crippen molar-refractivity contribution in [3.63, 3.8) is 0 Å². The number of ether oxygens (including phenoxy) is 2. The van der Waals surface area contributed by atoms with Gasteiger partial charge in [0.15, 0.2) is 0 Å². The summed E-state index contributed by atoms with van der Waals surface area (Å²) >= 11 is 0. The zero-order valence-electron chi connectivity index (χ0n) is 21.4. The van der Waals surface area contributed by atoms with Gasteiger partial charge in [-0.05, 0) is 44.0 Å². The molecule has 190 valence electrons. The predicted octanol–water partition coefficient (Wildman–Crippen LogP) is 2.77. The molecule has 10 heteroatoms. The summed E-state index contributed by atoms with van der Waals surface area (Å²) in [5, 5.41) is 4.60. The number of amides is 1. The number of carbonyl (C=O) groups is 1. The van der Waals surface area contributed by atoms with Gasteiger partial charge in [-0.1, -0.05) is 0 Å². The summed E-state index contributed by atoms with van der Waals surface area (Å²) in [6.07, 6.45) is 2.42. The van der Waals surface area contributed by atoms with Crippen molar-refractivity contribution in [1.29, 1.82) is 0 Å². The molecule has 2 fully saturated rings. The van der Waals surface area contributed by atoms with Crippen LogP contribution in [-0.2, 0) is 7.05 Å². The third kappa shape index (κ3) is 4.67. The first-order valence-corrected chi connectivity index (χ1v) is 12.4. The van der Waals surface area contributed by atoms with Crippen molar-refractivity contribution in [1.82, 2.24) is 24.6 Å². The molecule has 0 spiro atoms. The Hall–Kier alpha value is -3.82. The first-order chi connectivity index (χ1) is 17.5. The molecule has 2 saturated heterocycles. The summed E-state index contributed by atoms with van der Waals surface area (Å²) < 4.78 is 12.5. The summed E-state index contributed by atoms with van der Waals surface area (Å²) in [7, 11) is 5.03. The van der Waals surface area contributed by atoms with Gasteiger partial charge < -0.3 is 24.2 Å². The minimum absolute atomic E-state index is 0.0410. The van der Waals surface area contributed by atoms with Gasteiger partial charge in [-0.2, -0.15) is 10.1 Å². The highest BCUT2D eigenvalue weighted by Gasteiger charge is 2.27. The van der Waals surface area contributed by atoms with Crippen LogP contribution in [0, 0.1) is 6.92 Å². The number of hydrogen-bond acceptors (Lipinski definition) is 8. The highest BCUT2D eigenvalue weighted by Crippen LogP contribution is 2.33. The molecule has 0 unspecified atom stereocenters. The number of aromatic nitrogens is 4. The van der Waals surface area contributed by atoms with Crippen LogP contribution in [0.25, 0.3) is 11.3 Å². The van der Waals surface area contributed by atoms with Crippen molar-refractivity contribution in [3.05, 3.63) is 41.7 Å². The maximum absolute atomic E-state index is 13.4. The van der Waals surface area contributed by atoms with Crippen molar-refractivity contribution in [2.45, 2.75) is 19.8 Å². The van der Waals surface area contributed by atoms with E-state index in [1.165, 1.54) is 12.8 Å². The number of hydrogen-bond donors (Lipinski definition) is 0. The van der Waals surface area contributed by atoms with E-state index in [0.29, 0.717) is 49.1 Å². The van der Waals surface area contributed by atoms with E-state index in [2.05, 4.69) is 25.9 Å². The van der Waals surface area contributed by atoms with Crippen molar-refractivity contribution in [2.75, 3.05) is 63.3 Å². The summed E-state index contributed by atoms with van der Waals surface area (Å²) in [5.74, 6) is 3.08. The first-order valence-electron chi connectivity index (χ1n) is 12.4. The average Bonchev–Trinajstić information content (AvgIpc) is 3.58. The fourth-order valence-corrected chi connectivity index (χ4v) is 4.87. The number of nitrogens with zero attached hydrogens (tertiary/aromatic N) is 7. The third-order valence-corrected chi connectivity index (χ3v) is 6.89. The topological polar surface area (TPSA) is 88.9 Å². The lowest BCUT2D eigenvalue weighted by atomic mass is 10.1. The number of carbonyl (C=O) groups excluding carboxylic acids is 1. The lowest BCUT2D eigenvalue weighted by molar-refractivity contribution is 0.0735. The molecule has 0 atom stereocenters. The second kappa shape index (κ2) is 10.0. The number of anilines is 2. The van der Waals surface area contributed by atoms with Crippen molar-refractivity contribution >= 4 is 17.7 Å². The van der Waals surface area contributed by atoms with E-state index in [1.54, 1.807) is 25.9 Å². The fourth-order valence-electron chi connectivity index (χ4n) is 4.87. The molecule has 2 aliphatic rings. The van der Waals surface area contributed by atoms with E-state index in [1.807, 2.05) is 36.1 Å². The molecule has 0 saturated carbocycles. The minimum atomic E-state index is -0.0410. The number of rotatable bonds is 6. The molecule has 2 aliphatic heterocycles. The molecule has 1 aromatic carbocycles. The molecular formula is C26H33N7O3. The SMILES string of the molecule is COc1ccc(OC)c(-c2cc(C(=O)N3CCN(c4nc(C)cc(N5CCCC5)n4)CC3)n(C)n2)c1. The molecule has 10 nitrogen and oxygen atoms in total. The average molecular weight is 492 g/mol. The molecule has 0 N–H and O–H groups in total. The first kappa shape index (κ1) is 23.9. The maximum atomic E-state index is 13.4. The Kier molecular flexibility index (Phi) is 6.67. The molecule has 3 aromatic rings. The normalized spacial score (nSPS) is 15.9. The molecule has 4 heterocycles. The summed E-state index contributed by atoms with van der Waals surface area (Å²) in [5.41, 5.74) is 2.95. The molecule has 36 heavy (non-hydrogen) atoms. The van der Waals surface area contributed by atoms with Crippen LogP contribution in [0.1, 0.15) is 29.0 Å². The quantitative estimate of drug-likeness (QED) is 0.520. The highest BCUT2D eigenvalue weighted by molar-refractivity contribution is 5.94. The van der Waals surface area contributed by atoms with Crippen LogP contribution >= 0.6 is 0 Å². The van der Waals surface area contributed by atoms with Crippen molar-refractivity contribution in [3.8, 4) is 22.8 Å². The van der Waals surface area contributed by atoms with E-state index in [0.717, 1.165) is 36.1 Å². The maximum Gasteiger partial charge on any atom is 0.272 e. The van der Waals surface area contributed by atoms with Gasteiger partial charge in [0.1, 0.15) is 23.0 Å². The number of methoxy groups -OCH3 is 2. The van der Waals surface area contributed by atoms with Gasteiger partial charge in [0.2, 0.25) is 5.95 Å². The van der Waals surface area contributed by atoms with Crippen molar-refractivity contribution in [2.24, 2.45) is 7.05 Å². The van der Waals surface area contributed by atoms with E-state index >= 15 is 0 Å². The third-order valence-electron chi connectivity index (χ3n) is 6.89. The Morgan fingerprint density at radius 2 is 1.64 bits per heavy atom. The van der Waals surface area contributed by atoms with Crippen LogP contribution in [0.4, 0.5) is 11.8 Å².